The van der Waals surface area contributed by atoms with Crippen molar-refractivity contribution in [3.63, 3.8) is 0 Å². The molecule has 2 aliphatic heterocycles. The summed E-state index contributed by atoms with van der Waals surface area (Å²) in [5, 5.41) is 0. The van der Waals surface area contributed by atoms with Gasteiger partial charge in [-0.2, -0.15) is 0 Å². The molecule has 0 aromatic heterocycles. The molecule has 13 heavy (non-hydrogen) atoms. The normalized spacial score (nSPS) is 52.2. The van der Waals surface area contributed by atoms with Crippen LogP contribution >= 0.6 is 0 Å². The van der Waals surface area contributed by atoms with Gasteiger partial charge < -0.3 is 4.48 Å². The highest BCUT2D eigenvalue weighted by atomic mass is 15.3. The third-order valence-corrected chi connectivity index (χ3v) is 4.93. The summed E-state index contributed by atoms with van der Waals surface area (Å²) in [6.07, 6.45) is 7.79. The van der Waals surface area contributed by atoms with Gasteiger partial charge in [-0.3, -0.25) is 0 Å². The van der Waals surface area contributed by atoms with Crippen LogP contribution in [0, 0.1) is 17.8 Å². The molecule has 4 fully saturated rings. The number of quaternary nitrogens is 1. The van der Waals surface area contributed by atoms with Crippen LogP contribution in [0.5, 0.6) is 0 Å². The quantitative estimate of drug-likeness (QED) is 0.502. The Kier molecular flexibility index (Phi) is 1.59. The van der Waals surface area contributed by atoms with E-state index in [2.05, 4.69) is 14.1 Å². The van der Waals surface area contributed by atoms with Crippen LogP contribution in [0.4, 0.5) is 0 Å². The van der Waals surface area contributed by atoms with Gasteiger partial charge in [-0.1, -0.05) is 0 Å². The van der Waals surface area contributed by atoms with Gasteiger partial charge in [-0.15, -0.1) is 0 Å². The van der Waals surface area contributed by atoms with Crippen molar-refractivity contribution in [3.8, 4) is 0 Å². The third kappa shape index (κ3) is 1.24. The summed E-state index contributed by atoms with van der Waals surface area (Å²) < 4.78 is 1.33. The van der Waals surface area contributed by atoms with Gasteiger partial charge in [0, 0.05) is 18.8 Å². The molecule has 2 heterocycles. The zero-order valence-corrected chi connectivity index (χ0v) is 9.00. The minimum atomic E-state index is 1.01. The second kappa shape index (κ2) is 2.50. The van der Waals surface area contributed by atoms with Crippen molar-refractivity contribution in [1.82, 2.24) is 0 Å². The lowest BCUT2D eigenvalue weighted by Crippen LogP contribution is -2.49. The lowest BCUT2D eigenvalue weighted by Gasteiger charge is -2.40. The van der Waals surface area contributed by atoms with Gasteiger partial charge in [0.15, 0.2) is 0 Å². The summed E-state index contributed by atoms with van der Waals surface area (Å²) in [6, 6.07) is 1.01. The van der Waals surface area contributed by atoms with Gasteiger partial charge in [0.1, 0.15) is 0 Å². The molecule has 4 rings (SSSR count). The molecule has 1 heteroatoms. The SMILES string of the molecule is C[N+]1(C)CC2CC3CC(C2)CC1C3. The standard InChI is InChI=1S/C12H22N/c1-13(2)8-11-4-9-3-10(5-11)7-12(13)6-9/h9-12H,3-8H2,1-2H3/q+1. The Morgan fingerprint density at radius 2 is 1.31 bits per heavy atom. The minimum Gasteiger partial charge on any atom is -0.326 e. The molecule has 1 nitrogen and oxygen atoms in total. The van der Waals surface area contributed by atoms with Crippen molar-refractivity contribution < 1.29 is 4.48 Å². The third-order valence-electron chi connectivity index (χ3n) is 4.93. The first-order valence-electron chi connectivity index (χ1n) is 5.96. The van der Waals surface area contributed by atoms with E-state index >= 15 is 0 Å². The van der Waals surface area contributed by atoms with Crippen LogP contribution in [0.2, 0.25) is 0 Å². The Morgan fingerprint density at radius 1 is 0.769 bits per heavy atom. The van der Waals surface area contributed by atoms with E-state index in [1.807, 2.05) is 0 Å². The second-order valence-corrected chi connectivity index (χ2v) is 6.39. The molecule has 0 spiro atoms. The summed E-state index contributed by atoms with van der Waals surface area (Å²) in [6.45, 7) is 1.47. The lowest BCUT2D eigenvalue weighted by molar-refractivity contribution is -0.916. The highest BCUT2D eigenvalue weighted by Crippen LogP contribution is 2.48. The molecule has 4 aliphatic rings. The molecule has 74 valence electrons. The Balaban J connectivity index is 1.95. The molecular formula is C12H22N+. The summed E-state index contributed by atoms with van der Waals surface area (Å²) in [7, 11) is 4.93. The van der Waals surface area contributed by atoms with Gasteiger partial charge in [0.05, 0.1) is 26.7 Å². The second-order valence-electron chi connectivity index (χ2n) is 6.39. The van der Waals surface area contributed by atoms with Gasteiger partial charge in [0.25, 0.3) is 0 Å². The van der Waals surface area contributed by atoms with Crippen LogP contribution in [-0.4, -0.2) is 31.2 Å². The monoisotopic (exact) mass is 180 g/mol. The lowest BCUT2D eigenvalue weighted by atomic mass is 9.68. The van der Waals surface area contributed by atoms with E-state index in [9.17, 15) is 0 Å². The van der Waals surface area contributed by atoms with E-state index < -0.39 is 0 Å². The summed E-state index contributed by atoms with van der Waals surface area (Å²) >= 11 is 0. The maximum absolute atomic E-state index is 2.47. The van der Waals surface area contributed by atoms with E-state index in [1.165, 1.54) is 11.0 Å². The molecule has 2 atom stereocenters. The maximum atomic E-state index is 2.47. The Morgan fingerprint density at radius 3 is 1.92 bits per heavy atom. The van der Waals surface area contributed by atoms with Crippen molar-refractivity contribution in [2.75, 3.05) is 20.6 Å². The van der Waals surface area contributed by atoms with Gasteiger partial charge in [0.2, 0.25) is 0 Å². The first-order chi connectivity index (χ1) is 6.13. The number of hydrogen-bond donors (Lipinski definition) is 0. The predicted molar refractivity (Wildman–Crippen MR) is 54.3 cm³/mol. The van der Waals surface area contributed by atoms with Crippen molar-refractivity contribution >= 4 is 0 Å². The van der Waals surface area contributed by atoms with Crippen LogP contribution in [-0.2, 0) is 0 Å². The van der Waals surface area contributed by atoms with Crippen LogP contribution in [0.15, 0.2) is 0 Å². The van der Waals surface area contributed by atoms with Gasteiger partial charge in [-0.25, -0.2) is 0 Å². The molecule has 0 aromatic rings. The molecule has 0 radical (unpaired) electrons. The first kappa shape index (κ1) is 8.28. The number of nitrogens with zero attached hydrogens (tertiary/aromatic N) is 1. The molecule has 2 saturated carbocycles. The van der Waals surface area contributed by atoms with Crippen molar-refractivity contribution in [2.45, 2.75) is 38.1 Å². The predicted octanol–water partition coefficient (Wildman–Crippen LogP) is 2.27. The minimum absolute atomic E-state index is 1.01. The highest BCUT2D eigenvalue weighted by molar-refractivity contribution is 4.90. The molecule has 2 unspecified atom stereocenters. The molecule has 0 amide bonds. The van der Waals surface area contributed by atoms with Crippen LogP contribution < -0.4 is 0 Å². The smallest absolute Gasteiger partial charge is 0.0891 e. The van der Waals surface area contributed by atoms with E-state index in [4.69, 9.17) is 0 Å². The molecule has 2 saturated heterocycles. The summed E-state index contributed by atoms with van der Waals surface area (Å²) in [5.41, 5.74) is 0. The number of hydrogen-bond acceptors (Lipinski definition) is 0. The zero-order chi connectivity index (χ0) is 9.05. The van der Waals surface area contributed by atoms with Crippen molar-refractivity contribution in [1.29, 1.82) is 0 Å². The first-order valence-corrected chi connectivity index (χ1v) is 5.96. The summed E-state index contributed by atoms with van der Waals surface area (Å²) in [4.78, 5) is 0. The van der Waals surface area contributed by atoms with E-state index in [0.717, 1.165) is 23.8 Å². The Labute approximate surface area is 81.7 Å². The molecule has 4 bridgehead atoms. The van der Waals surface area contributed by atoms with Gasteiger partial charge in [-0.05, 0) is 31.1 Å². The largest absolute Gasteiger partial charge is 0.326 e. The Bertz CT molecular complexity index is 207. The van der Waals surface area contributed by atoms with E-state index in [0.29, 0.717) is 0 Å². The summed E-state index contributed by atoms with van der Waals surface area (Å²) in [5.74, 6) is 3.30. The highest BCUT2D eigenvalue weighted by Gasteiger charge is 2.47. The van der Waals surface area contributed by atoms with Gasteiger partial charge >= 0.3 is 0 Å². The fourth-order valence-electron chi connectivity index (χ4n) is 4.49. The van der Waals surface area contributed by atoms with Crippen molar-refractivity contribution in [2.24, 2.45) is 17.8 Å². The average molecular weight is 180 g/mol. The Hall–Kier alpha value is -0.0400. The van der Waals surface area contributed by atoms with E-state index in [1.54, 1.807) is 32.1 Å². The molecule has 2 aliphatic carbocycles. The zero-order valence-electron chi connectivity index (χ0n) is 9.00. The van der Waals surface area contributed by atoms with Crippen LogP contribution in [0.1, 0.15) is 32.1 Å². The molecular weight excluding hydrogens is 158 g/mol. The van der Waals surface area contributed by atoms with Crippen LogP contribution in [0.25, 0.3) is 0 Å². The number of rotatable bonds is 0. The van der Waals surface area contributed by atoms with Crippen molar-refractivity contribution in [3.05, 3.63) is 0 Å². The maximum Gasteiger partial charge on any atom is 0.0891 e. The van der Waals surface area contributed by atoms with E-state index in [-0.39, 0.29) is 0 Å². The average Bonchev–Trinajstić information content (AvgIpc) is 2.12. The fraction of sp³-hybridized carbons (Fsp3) is 1.00. The molecule has 0 N–H and O–H groups in total. The number of fused-ring (bicyclic) bond motifs is 1. The topological polar surface area (TPSA) is 0 Å². The van der Waals surface area contributed by atoms with Crippen LogP contribution in [0.3, 0.4) is 0 Å². The molecule has 0 aromatic carbocycles. The fourth-order valence-corrected chi connectivity index (χ4v) is 4.49.